The van der Waals surface area contributed by atoms with Crippen molar-refractivity contribution in [2.45, 2.75) is 23.7 Å². The highest BCUT2D eigenvalue weighted by atomic mass is 79.9. The number of carbonyl (C=O) groups is 2. The van der Waals surface area contributed by atoms with Gasteiger partial charge in [0, 0.05) is 19.6 Å². The first kappa shape index (κ1) is 15.3. The maximum absolute atomic E-state index is 12.5. The number of rotatable bonds is 3. The summed E-state index contributed by atoms with van der Waals surface area (Å²) in [5, 5.41) is 9.55. The number of benzene rings is 1. The minimum absolute atomic E-state index is 0.00317. The molecule has 2 aliphatic rings. The molecule has 1 aliphatic carbocycles. The minimum Gasteiger partial charge on any atom is -0.465 e. The van der Waals surface area contributed by atoms with Crippen LogP contribution in [0.2, 0.25) is 0 Å². The molecule has 1 N–H and O–H groups in total. The smallest absolute Gasteiger partial charge is 0.407 e. The van der Waals surface area contributed by atoms with Crippen molar-refractivity contribution in [1.82, 2.24) is 9.80 Å². The number of carbonyl (C=O) groups excluding carboxylic acids is 1. The van der Waals surface area contributed by atoms with Crippen molar-refractivity contribution >= 4 is 27.9 Å². The second-order valence-corrected chi connectivity index (χ2v) is 7.12. The third kappa shape index (κ3) is 3.27. The number of hydrogen-bond acceptors (Lipinski definition) is 2. The predicted octanol–water partition coefficient (Wildman–Crippen LogP) is 2.72. The van der Waals surface area contributed by atoms with E-state index in [2.05, 4.69) is 15.9 Å². The fourth-order valence-electron chi connectivity index (χ4n) is 2.92. The zero-order valence-corrected chi connectivity index (χ0v) is 13.8. The molecule has 2 amide bonds. The predicted molar refractivity (Wildman–Crippen MR) is 85.9 cm³/mol. The van der Waals surface area contributed by atoms with Crippen LogP contribution >= 0.6 is 15.9 Å². The van der Waals surface area contributed by atoms with E-state index in [1.807, 2.05) is 35.2 Å². The van der Waals surface area contributed by atoms with Gasteiger partial charge in [-0.15, -0.1) is 0 Å². The molecule has 2 atom stereocenters. The van der Waals surface area contributed by atoms with E-state index in [9.17, 15) is 14.7 Å². The van der Waals surface area contributed by atoms with E-state index in [4.69, 9.17) is 0 Å². The zero-order valence-electron chi connectivity index (χ0n) is 12.2. The van der Waals surface area contributed by atoms with Gasteiger partial charge in [0.1, 0.15) is 4.83 Å². The molecule has 0 aromatic heterocycles. The molecule has 0 spiro atoms. The molecule has 3 rings (SSSR count). The van der Waals surface area contributed by atoms with Gasteiger partial charge < -0.3 is 10.0 Å². The molecular weight excluding hydrogens is 348 g/mol. The van der Waals surface area contributed by atoms with Crippen molar-refractivity contribution < 1.29 is 14.7 Å². The Morgan fingerprint density at radius 1 is 1.23 bits per heavy atom. The lowest BCUT2D eigenvalue weighted by atomic mass is 10.1. The SMILES string of the molecule is O=C1C(Br)CN(C(=O)O)C(c2ccccc2)CN1CC1CC1. The Morgan fingerprint density at radius 2 is 1.91 bits per heavy atom. The van der Waals surface area contributed by atoms with Gasteiger partial charge in [-0.3, -0.25) is 9.69 Å². The molecule has 0 radical (unpaired) electrons. The second-order valence-electron chi connectivity index (χ2n) is 6.02. The number of halogens is 1. The van der Waals surface area contributed by atoms with Crippen LogP contribution in [0.4, 0.5) is 4.79 Å². The van der Waals surface area contributed by atoms with Crippen molar-refractivity contribution in [3.05, 3.63) is 35.9 Å². The number of nitrogens with zero attached hydrogens (tertiary/aromatic N) is 2. The van der Waals surface area contributed by atoms with Crippen molar-refractivity contribution in [3.63, 3.8) is 0 Å². The van der Waals surface area contributed by atoms with Crippen LogP contribution in [-0.4, -0.2) is 51.4 Å². The summed E-state index contributed by atoms with van der Waals surface area (Å²) < 4.78 is 0. The quantitative estimate of drug-likeness (QED) is 0.836. The Hall–Kier alpha value is -1.56. The summed E-state index contributed by atoms with van der Waals surface area (Å²) in [5.74, 6) is 0.577. The topological polar surface area (TPSA) is 60.9 Å². The second kappa shape index (κ2) is 6.28. The summed E-state index contributed by atoms with van der Waals surface area (Å²) in [5.41, 5.74) is 0.931. The van der Waals surface area contributed by atoms with Gasteiger partial charge in [0.2, 0.25) is 5.91 Å². The molecule has 2 unspecified atom stereocenters. The van der Waals surface area contributed by atoms with Gasteiger partial charge in [-0.05, 0) is 24.3 Å². The lowest BCUT2D eigenvalue weighted by Gasteiger charge is -2.30. The Morgan fingerprint density at radius 3 is 2.50 bits per heavy atom. The largest absolute Gasteiger partial charge is 0.465 e. The van der Waals surface area contributed by atoms with Crippen molar-refractivity contribution in [2.75, 3.05) is 19.6 Å². The van der Waals surface area contributed by atoms with E-state index >= 15 is 0 Å². The standard InChI is InChI=1S/C16H19BrN2O3/c17-13-9-19(16(21)22)14(12-4-2-1-3-5-12)10-18(15(13)20)8-11-6-7-11/h1-5,11,13-14H,6-10H2,(H,21,22). The van der Waals surface area contributed by atoms with Crippen LogP contribution in [0.1, 0.15) is 24.4 Å². The van der Waals surface area contributed by atoms with Gasteiger partial charge >= 0.3 is 6.09 Å². The number of hydrogen-bond donors (Lipinski definition) is 1. The van der Waals surface area contributed by atoms with E-state index in [1.54, 1.807) is 0 Å². The first-order valence-electron chi connectivity index (χ1n) is 7.53. The average Bonchev–Trinajstić information content (AvgIpc) is 3.33. The monoisotopic (exact) mass is 366 g/mol. The van der Waals surface area contributed by atoms with Crippen LogP contribution in [0.3, 0.4) is 0 Å². The highest BCUT2D eigenvalue weighted by Gasteiger charge is 2.39. The summed E-state index contributed by atoms with van der Waals surface area (Å²) in [7, 11) is 0. The molecule has 1 saturated carbocycles. The van der Waals surface area contributed by atoms with Gasteiger partial charge in [0.05, 0.1) is 6.04 Å². The van der Waals surface area contributed by atoms with Gasteiger partial charge in [-0.2, -0.15) is 0 Å². The fourth-order valence-corrected chi connectivity index (χ4v) is 3.52. The zero-order chi connectivity index (χ0) is 15.7. The Kier molecular flexibility index (Phi) is 4.38. The van der Waals surface area contributed by atoms with Gasteiger partial charge in [-0.1, -0.05) is 46.3 Å². The van der Waals surface area contributed by atoms with Crippen LogP contribution in [-0.2, 0) is 4.79 Å². The van der Waals surface area contributed by atoms with Crippen LogP contribution in [0, 0.1) is 5.92 Å². The van der Waals surface area contributed by atoms with E-state index < -0.39 is 10.9 Å². The highest BCUT2D eigenvalue weighted by Crippen LogP contribution is 2.33. The van der Waals surface area contributed by atoms with Crippen molar-refractivity contribution in [2.24, 2.45) is 5.92 Å². The molecule has 6 heteroatoms. The normalized spacial score (nSPS) is 26.0. The van der Waals surface area contributed by atoms with E-state index in [0.717, 1.165) is 24.9 Å². The molecule has 1 aromatic rings. The summed E-state index contributed by atoms with van der Waals surface area (Å²) in [6.45, 7) is 1.33. The van der Waals surface area contributed by atoms with E-state index in [-0.39, 0.29) is 18.5 Å². The minimum atomic E-state index is -0.987. The molecule has 22 heavy (non-hydrogen) atoms. The third-order valence-corrected chi connectivity index (χ3v) is 4.99. The average molecular weight is 367 g/mol. The van der Waals surface area contributed by atoms with Crippen molar-refractivity contribution in [1.29, 1.82) is 0 Å². The third-order valence-electron chi connectivity index (χ3n) is 4.31. The number of amides is 2. The molecule has 2 fully saturated rings. The molecular formula is C16H19BrN2O3. The van der Waals surface area contributed by atoms with E-state index in [1.165, 1.54) is 4.90 Å². The molecule has 1 aromatic carbocycles. The molecule has 1 heterocycles. The van der Waals surface area contributed by atoms with Gasteiger partial charge in [-0.25, -0.2) is 4.79 Å². The van der Waals surface area contributed by atoms with Crippen LogP contribution in [0.5, 0.6) is 0 Å². The summed E-state index contributed by atoms with van der Waals surface area (Å²) in [4.78, 5) is 26.9. The molecule has 118 valence electrons. The van der Waals surface area contributed by atoms with E-state index in [0.29, 0.717) is 12.5 Å². The first-order valence-corrected chi connectivity index (χ1v) is 8.45. The van der Waals surface area contributed by atoms with Crippen LogP contribution < -0.4 is 0 Å². The molecule has 0 bridgehead atoms. The summed E-state index contributed by atoms with van der Waals surface area (Å²) in [6, 6.07) is 9.25. The Labute approximate surface area is 138 Å². The van der Waals surface area contributed by atoms with Crippen LogP contribution in [0.15, 0.2) is 30.3 Å². The molecule has 5 nitrogen and oxygen atoms in total. The molecule has 1 aliphatic heterocycles. The van der Waals surface area contributed by atoms with Crippen LogP contribution in [0.25, 0.3) is 0 Å². The van der Waals surface area contributed by atoms with Gasteiger partial charge in [0.15, 0.2) is 0 Å². The number of alkyl halides is 1. The fraction of sp³-hybridized carbons (Fsp3) is 0.500. The van der Waals surface area contributed by atoms with Gasteiger partial charge in [0.25, 0.3) is 0 Å². The lowest BCUT2D eigenvalue weighted by molar-refractivity contribution is -0.130. The van der Waals surface area contributed by atoms with Crippen molar-refractivity contribution in [3.8, 4) is 0 Å². The maximum atomic E-state index is 12.5. The lowest BCUT2D eigenvalue weighted by Crippen LogP contribution is -2.39. The molecule has 1 saturated heterocycles. The summed E-state index contributed by atoms with van der Waals surface area (Å²) in [6.07, 6.45) is 1.34. The highest BCUT2D eigenvalue weighted by molar-refractivity contribution is 9.10. The maximum Gasteiger partial charge on any atom is 0.407 e. The Bertz CT molecular complexity index is 562. The summed E-state index contributed by atoms with van der Waals surface area (Å²) >= 11 is 3.37. The Balaban J connectivity index is 1.91. The first-order chi connectivity index (χ1) is 10.6. The number of carboxylic acid groups (broad SMARTS) is 1.